The number of benzene rings is 1. The topological polar surface area (TPSA) is 35.2 Å². The van der Waals surface area contributed by atoms with Crippen molar-refractivity contribution in [3.05, 3.63) is 29.3 Å². The van der Waals surface area contributed by atoms with E-state index in [1.165, 1.54) is 5.56 Å². The Kier molecular flexibility index (Phi) is 3.40. The van der Waals surface area contributed by atoms with E-state index in [1.54, 1.807) is 0 Å². The Morgan fingerprint density at radius 2 is 2.24 bits per heavy atom. The Balaban J connectivity index is 2.10. The second-order valence-corrected chi connectivity index (χ2v) is 5.06. The third-order valence-corrected chi connectivity index (χ3v) is 2.80. The molecule has 0 saturated heterocycles. The summed E-state index contributed by atoms with van der Waals surface area (Å²) in [5.41, 5.74) is 7.69. The summed E-state index contributed by atoms with van der Waals surface area (Å²) in [7, 11) is 0. The quantitative estimate of drug-likeness (QED) is 0.624. The molecular formula is C15H19NO. The molecule has 1 aromatic carbocycles. The lowest BCUT2D eigenvalue weighted by molar-refractivity contribution is 0.138. The van der Waals surface area contributed by atoms with Crippen LogP contribution in [-0.4, -0.2) is 12.1 Å². The molecule has 0 radical (unpaired) electrons. The van der Waals surface area contributed by atoms with Crippen molar-refractivity contribution in [2.24, 2.45) is 5.73 Å². The molecule has 2 nitrogen and oxygen atoms in total. The SMILES string of the molecule is CC1(C)Cc2cc(C#CCCCN)ccc2O1. The van der Waals surface area contributed by atoms with Crippen LogP contribution in [0.25, 0.3) is 0 Å². The van der Waals surface area contributed by atoms with E-state index in [9.17, 15) is 0 Å². The summed E-state index contributed by atoms with van der Waals surface area (Å²) in [6.07, 6.45) is 2.80. The smallest absolute Gasteiger partial charge is 0.123 e. The monoisotopic (exact) mass is 229 g/mol. The highest BCUT2D eigenvalue weighted by molar-refractivity contribution is 5.47. The third-order valence-electron chi connectivity index (χ3n) is 2.80. The van der Waals surface area contributed by atoms with Crippen LogP contribution >= 0.6 is 0 Å². The van der Waals surface area contributed by atoms with Gasteiger partial charge in [-0.1, -0.05) is 11.8 Å². The number of fused-ring (bicyclic) bond motifs is 1. The van der Waals surface area contributed by atoms with E-state index in [4.69, 9.17) is 10.5 Å². The Morgan fingerprint density at radius 3 is 3.00 bits per heavy atom. The molecule has 0 spiro atoms. The van der Waals surface area contributed by atoms with E-state index >= 15 is 0 Å². The Morgan fingerprint density at radius 1 is 1.41 bits per heavy atom. The van der Waals surface area contributed by atoms with Crippen LogP contribution in [0.15, 0.2) is 18.2 Å². The fraction of sp³-hybridized carbons (Fsp3) is 0.467. The van der Waals surface area contributed by atoms with Crippen LogP contribution in [0, 0.1) is 11.8 Å². The Bertz CT molecular complexity index is 466. The lowest BCUT2D eigenvalue weighted by Gasteiger charge is -2.16. The summed E-state index contributed by atoms with van der Waals surface area (Å²) in [5.74, 6) is 7.32. The number of unbranched alkanes of at least 4 members (excludes halogenated alkanes) is 1. The normalized spacial score (nSPS) is 15.7. The van der Waals surface area contributed by atoms with Crippen molar-refractivity contribution in [1.29, 1.82) is 0 Å². The van der Waals surface area contributed by atoms with Gasteiger partial charge in [0, 0.05) is 18.4 Å². The molecule has 1 aromatic rings. The molecule has 0 unspecified atom stereocenters. The van der Waals surface area contributed by atoms with Gasteiger partial charge in [0.1, 0.15) is 11.4 Å². The van der Waals surface area contributed by atoms with Crippen molar-refractivity contribution in [3.63, 3.8) is 0 Å². The molecule has 0 fully saturated rings. The van der Waals surface area contributed by atoms with Crippen LogP contribution in [0.5, 0.6) is 5.75 Å². The van der Waals surface area contributed by atoms with Gasteiger partial charge in [-0.15, -0.1) is 0 Å². The van der Waals surface area contributed by atoms with Crippen molar-refractivity contribution >= 4 is 0 Å². The fourth-order valence-corrected chi connectivity index (χ4v) is 2.04. The van der Waals surface area contributed by atoms with Gasteiger partial charge in [0.05, 0.1) is 0 Å². The highest BCUT2D eigenvalue weighted by Crippen LogP contribution is 2.34. The first-order chi connectivity index (χ1) is 8.11. The summed E-state index contributed by atoms with van der Waals surface area (Å²) < 4.78 is 5.83. The summed E-state index contributed by atoms with van der Waals surface area (Å²) in [5, 5.41) is 0. The average Bonchev–Trinajstić information content (AvgIpc) is 2.57. The summed E-state index contributed by atoms with van der Waals surface area (Å²) in [6.45, 7) is 4.93. The minimum absolute atomic E-state index is 0.0755. The number of nitrogens with two attached hydrogens (primary N) is 1. The number of ether oxygens (including phenoxy) is 1. The van der Waals surface area contributed by atoms with Crippen LogP contribution in [0.1, 0.15) is 37.8 Å². The number of hydrogen-bond donors (Lipinski definition) is 1. The highest BCUT2D eigenvalue weighted by atomic mass is 16.5. The molecule has 1 heterocycles. The van der Waals surface area contributed by atoms with E-state index < -0.39 is 0 Å². The zero-order valence-corrected chi connectivity index (χ0v) is 10.5. The minimum Gasteiger partial charge on any atom is -0.487 e. The van der Waals surface area contributed by atoms with Gasteiger partial charge in [-0.25, -0.2) is 0 Å². The Hall–Kier alpha value is -1.46. The van der Waals surface area contributed by atoms with Crippen LogP contribution in [0.4, 0.5) is 0 Å². The zero-order chi connectivity index (χ0) is 12.3. The molecule has 0 saturated carbocycles. The molecule has 1 aliphatic rings. The van der Waals surface area contributed by atoms with E-state index in [0.29, 0.717) is 6.54 Å². The second kappa shape index (κ2) is 4.81. The molecule has 17 heavy (non-hydrogen) atoms. The molecule has 90 valence electrons. The Labute approximate surface area is 103 Å². The summed E-state index contributed by atoms with van der Waals surface area (Å²) in [4.78, 5) is 0. The predicted octanol–water partition coefficient (Wildman–Crippen LogP) is 2.49. The first kappa shape index (κ1) is 12.0. The predicted molar refractivity (Wildman–Crippen MR) is 70.0 cm³/mol. The van der Waals surface area contributed by atoms with Gasteiger partial charge in [0.25, 0.3) is 0 Å². The van der Waals surface area contributed by atoms with Crippen molar-refractivity contribution in [2.75, 3.05) is 6.54 Å². The van der Waals surface area contributed by atoms with Gasteiger partial charge in [-0.2, -0.15) is 0 Å². The highest BCUT2D eigenvalue weighted by Gasteiger charge is 2.29. The van der Waals surface area contributed by atoms with E-state index in [0.717, 1.165) is 30.6 Å². The van der Waals surface area contributed by atoms with Crippen LogP contribution in [-0.2, 0) is 6.42 Å². The molecule has 1 aliphatic heterocycles. The van der Waals surface area contributed by atoms with E-state index in [2.05, 4.69) is 31.8 Å². The van der Waals surface area contributed by atoms with Crippen molar-refractivity contribution in [1.82, 2.24) is 0 Å². The summed E-state index contributed by atoms with van der Waals surface area (Å²) >= 11 is 0. The van der Waals surface area contributed by atoms with Gasteiger partial charge in [0.2, 0.25) is 0 Å². The van der Waals surface area contributed by atoms with Crippen LogP contribution < -0.4 is 10.5 Å². The molecule has 2 heteroatoms. The third kappa shape index (κ3) is 3.01. The zero-order valence-electron chi connectivity index (χ0n) is 10.5. The van der Waals surface area contributed by atoms with Crippen LogP contribution in [0.2, 0.25) is 0 Å². The first-order valence-electron chi connectivity index (χ1n) is 6.12. The van der Waals surface area contributed by atoms with Gasteiger partial charge in [0.15, 0.2) is 0 Å². The van der Waals surface area contributed by atoms with Gasteiger partial charge >= 0.3 is 0 Å². The van der Waals surface area contributed by atoms with E-state index in [-0.39, 0.29) is 5.60 Å². The lowest BCUT2D eigenvalue weighted by Crippen LogP contribution is -2.24. The maximum Gasteiger partial charge on any atom is 0.123 e. The van der Waals surface area contributed by atoms with Crippen LogP contribution in [0.3, 0.4) is 0 Å². The fourth-order valence-electron chi connectivity index (χ4n) is 2.04. The summed E-state index contributed by atoms with van der Waals surface area (Å²) in [6, 6.07) is 6.19. The molecule has 0 atom stereocenters. The molecule has 0 aromatic heterocycles. The largest absolute Gasteiger partial charge is 0.487 e. The number of rotatable bonds is 2. The van der Waals surface area contributed by atoms with Gasteiger partial charge < -0.3 is 10.5 Å². The van der Waals surface area contributed by atoms with Crippen molar-refractivity contribution in [3.8, 4) is 17.6 Å². The molecule has 0 aliphatic carbocycles. The maximum absolute atomic E-state index is 5.83. The van der Waals surface area contributed by atoms with E-state index in [1.807, 2.05) is 12.1 Å². The second-order valence-electron chi connectivity index (χ2n) is 5.06. The molecule has 0 bridgehead atoms. The maximum atomic E-state index is 5.83. The van der Waals surface area contributed by atoms with Gasteiger partial charge in [-0.3, -0.25) is 0 Å². The average molecular weight is 229 g/mol. The minimum atomic E-state index is -0.0755. The van der Waals surface area contributed by atoms with Gasteiger partial charge in [-0.05, 0) is 50.6 Å². The first-order valence-corrected chi connectivity index (χ1v) is 6.12. The standard InChI is InChI=1S/C15H19NO/c1-15(2)11-13-10-12(6-4-3-5-9-16)7-8-14(13)17-15/h7-8,10H,3,5,9,11,16H2,1-2H3. The molecule has 2 N–H and O–H groups in total. The molecular weight excluding hydrogens is 210 g/mol. The van der Waals surface area contributed by atoms with Crippen molar-refractivity contribution < 1.29 is 4.74 Å². The molecule has 0 amide bonds. The molecule has 2 rings (SSSR count). The van der Waals surface area contributed by atoms with Crippen molar-refractivity contribution in [2.45, 2.75) is 38.7 Å². The lowest BCUT2D eigenvalue weighted by atomic mass is 10.0. The number of hydrogen-bond acceptors (Lipinski definition) is 2.